The van der Waals surface area contributed by atoms with E-state index in [0.29, 0.717) is 12.8 Å². The molecule has 1 unspecified atom stereocenters. The fourth-order valence-electron chi connectivity index (χ4n) is 2.33. The first-order valence-corrected chi connectivity index (χ1v) is 6.85. The molecule has 1 aromatic heterocycles. The smallest absolute Gasteiger partial charge is 0.112 e. The summed E-state index contributed by atoms with van der Waals surface area (Å²) < 4.78 is 1.81. The third-order valence-electron chi connectivity index (χ3n) is 3.45. The van der Waals surface area contributed by atoms with E-state index in [1.807, 2.05) is 41.9 Å². The third-order valence-corrected chi connectivity index (χ3v) is 3.45. The van der Waals surface area contributed by atoms with Crippen LogP contribution in [0.15, 0.2) is 36.5 Å². The van der Waals surface area contributed by atoms with Gasteiger partial charge in [-0.3, -0.25) is 0 Å². The topological polar surface area (TPSA) is 50.9 Å². The highest BCUT2D eigenvalue weighted by Crippen LogP contribution is 2.28. The van der Waals surface area contributed by atoms with Gasteiger partial charge in [0.1, 0.15) is 5.60 Å². The van der Waals surface area contributed by atoms with Crippen molar-refractivity contribution in [2.24, 2.45) is 0 Å². The van der Waals surface area contributed by atoms with Gasteiger partial charge in [-0.25, -0.2) is 4.68 Å². The number of rotatable bonds is 6. The van der Waals surface area contributed by atoms with Crippen LogP contribution >= 0.6 is 0 Å². The maximum Gasteiger partial charge on any atom is 0.112 e. The summed E-state index contributed by atoms with van der Waals surface area (Å²) in [6, 6.07) is 10.0. The maximum absolute atomic E-state index is 10.9. The molecule has 0 spiro atoms. The van der Waals surface area contributed by atoms with Gasteiger partial charge >= 0.3 is 0 Å². The van der Waals surface area contributed by atoms with Crippen LogP contribution < -0.4 is 0 Å². The molecule has 0 aliphatic carbocycles. The molecule has 1 atom stereocenters. The summed E-state index contributed by atoms with van der Waals surface area (Å²) in [4.78, 5) is 0. The van der Waals surface area contributed by atoms with Crippen molar-refractivity contribution in [3.8, 4) is 0 Å². The van der Waals surface area contributed by atoms with Crippen LogP contribution in [0.4, 0.5) is 0 Å². The second-order valence-corrected chi connectivity index (χ2v) is 4.89. The minimum atomic E-state index is -0.903. The zero-order valence-corrected chi connectivity index (χ0v) is 11.6. The van der Waals surface area contributed by atoms with Gasteiger partial charge in [0.2, 0.25) is 0 Å². The Labute approximate surface area is 114 Å². The molecule has 0 saturated carbocycles. The summed E-state index contributed by atoms with van der Waals surface area (Å²) >= 11 is 0. The average Bonchev–Trinajstić information content (AvgIpc) is 2.89. The number of aryl methyl sites for hydroxylation is 1. The van der Waals surface area contributed by atoms with Gasteiger partial charge in [0.05, 0.1) is 11.9 Å². The van der Waals surface area contributed by atoms with Gasteiger partial charge < -0.3 is 5.11 Å². The molecule has 4 nitrogen and oxygen atoms in total. The molecule has 0 aliphatic rings. The molecule has 0 amide bonds. The van der Waals surface area contributed by atoms with Crippen molar-refractivity contribution in [2.75, 3.05) is 0 Å². The Morgan fingerprint density at radius 1 is 1.21 bits per heavy atom. The van der Waals surface area contributed by atoms with E-state index < -0.39 is 5.60 Å². The lowest BCUT2D eigenvalue weighted by atomic mass is 9.89. The Morgan fingerprint density at radius 2 is 1.95 bits per heavy atom. The van der Waals surface area contributed by atoms with E-state index in [9.17, 15) is 5.11 Å². The summed E-state index contributed by atoms with van der Waals surface area (Å²) in [6.45, 7) is 4.87. The summed E-state index contributed by atoms with van der Waals surface area (Å²) in [5.74, 6) is 0. The van der Waals surface area contributed by atoms with Crippen LogP contribution in [0.2, 0.25) is 0 Å². The molecule has 19 heavy (non-hydrogen) atoms. The second kappa shape index (κ2) is 5.97. The summed E-state index contributed by atoms with van der Waals surface area (Å²) in [5, 5.41) is 19.0. The Morgan fingerprint density at radius 3 is 2.58 bits per heavy atom. The molecule has 1 aromatic carbocycles. The fraction of sp³-hybridized carbons (Fsp3) is 0.467. The molecule has 2 aromatic rings. The van der Waals surface area contributed by atoms with Gasteiger partial charge in [-0.05, 0) is 18.4 Å². The van der Waals surface area contributed by atoms with Gasteiger partial charge in [-0.1, -0.05) is 49.4 Å². The predicted octanol–water partition coefficient (Wildman–Crippen LogP) is 2.53. The second-order valence-electron chi connectivity index (χ2n) is 4.89. The van der Waals surface area contributed by atoms with Crippen molar-refractivity contribution in [1.82, 2.24) is 15.0 Å². The molecular weight excluding hydrogens is 238 g/mol. The molecule has 0 saturated heterocycles. The third kappa shape index (κ3) is 3.01. The van der Waals surface area contributed by atoms with Gasteiger partial charge in [0, 0.05) is 13.0 Å². The van der Waals surface area contributed by atoms with Gasteiger partial charge in [0.25, 0.3) is 0 Å². The Balaban J connectivity index is 2.28. The average molecular weight is 259 g/mol. The number of hydrogen-bond donors (Lipinski definition) is 1. The number of aliphatic hydroxyl groups is 1. The van der Waals surface area contributed by atoms with E-state index in [1.165, 1.54) is 0 Å². The Hall–Kier alpha value is -1.68. The highest BCUT2D eigenvalue weighted by atomic mass is 16.3. The summed E-state index contributed by atoms with van der Waals surface area (Å²) in [5.41, 5.74) is 1.02. The van der Waals surface area contributed by atoms with Crippen molar-refractivity contribution in [3.63, 3.8) is 0 Å². The van der Waals surface area contributed by atoms with Crippen molar-refractivity contribution in [2.45, 2.75) is 45.3 Å². The van der Waals surface area contributed by atoms with E-state index in [-0.39, 0.29) is 0 Å². The lowest BCUT2D eigenvalue weighted by Crippen LogP contribution is -2.31. The van der Waals surface area contributed by atoms with Crippen LogP contribution in [0.1, 0.15) is 37.9 Å². The van der Waals surface area contributed by atoms with E-state index in [1.54, 1.807) is 6.20 Å². The zero-order chi connectivity index (χ0) is 13.7. The fourth-order valence-corrected chi connectivity index (χ4v) is 2.33. The van der Waals surface area contributed by atoms with Crippen LogP contribution in [-0.4, -0.2) is 20.1 Å². The molecule has 0 bridgehead atoms. The first kappa shape index (κ1) is 13.7. The lowest BCUT2D eigenvalue weighted by molar-refractivity contribution is 0.0234. The molecule has 2 rings (SSSR count). The number of hydrogen-bond acceptors (Lipinski definition) is 3. The largest absolute Gasteiger partial charge is 0.383 e. The van der Waals surface area contributed by atoms with Crippen LogP contribution in [0.3, 0.4) is 0 Å². The van der Waals surface area contributed by atoms with E-state index in [2.05, 4.69) is 17.2 Å². The van der Waals surface area contributed by atoms with Crippen molar-refractivity contribution in [1.29, 1.82) is 0 Å². The molecule has 1 N–H and O–H groups in total. The van der Waals surface area contributed by atoms with Crippen LogP contribution in [0.25, 0.3) is 0 Å². The minimum absolute atomic E-state index is 0.585. The minimum Gasteiger partial charge on any atom is -0.383 e. The van der Waals surface area contributed by atoms with E-state index in [4.69, 9.17) is 0 Å². The maximum atomic E-state index is 10.9. The molecule has 1 heterocycles. The first-order chi connectivity index (χ1) is 9.19. The number of aromatic nitrogens is 3. The number of nitrogens with zero attached hydrogens (tertiary/aromatic N) is 3. The van der Waals surface area contributed by atoms with E-state index in [0.717, 1.165) is 24.2 Å². The van der Waals surface area contributed by atoms with Crippen LogP contribution in [0, 0.1) is 0 Å². The monoisotopic (exact) mass is 259 g/mol. The first-order valence-electron chi connectivity index (χ1n) is 6.85. The molecule has 0 radical (unpaired) electrons. The van der Waals surface area contributed by atoms with Crippen molar-refractivity contribution >= 4 is 0 Å². The van der Waals surface area contributed by atoms with E-state index >= 15 is 0 Å². The predicted molar refractivity (Wildman–Crippen MR) is 74.6 cm³/mol. The zero-order valence-electron chi connectivity index (χ0n) is 11.6. The van der Waals surface area contributed by atoms with Gasteiger partial charge in [-0.2, -0.15) is 0 Å². The number of benzene rings is 1. The highest BCUT2D eigenvalue weighted by Gasteiger charge is 2.31. The van der Waals surface area contributed by atoms with Crippen molar-refractivity contribution < 1.29 is 5.11 Å². The van der Waals surface area contributed by atoms with Gasteiger partial charge in [-0.15, -0.1) is 5.10 Å². The SMILES string of the molecule is CCCn1nncc1C(O)(CC)Cc1ccccc1. The van der Waals surface area contributed by atoms with Gasteiger partial charge in [0.15, 0.2) is 0 Å². The Bertz CT molecular complexity index is 509. The Kier molecular flexibility index (Phi) is 4.32. The van der Waals surface area contributed by atoms with Crippen LogP contribution in [-0.2, 0) is 18.6 Å². The molecule has 4 heteroatoms. The highest BCUT2D eigenvalue weighted by molar-refractivity contribution is 5.20. The normalized spacial score (nSPS) is 14.3. The lowest BCUT2D eigenvalue weighted by Gasteiger charge is -2.27. The quantitative estimate of drug-likeness (QED) is 0.867. The molecule has 0 fully saturated rings. The molecular formula is C15H21N3O. The molecule has 102 valence electrons. The van der Waals surface area contributed by atoms with Crippen molar-refractivity contribution in [3.05, 3.63) is 47.8 Å². The summed E-state index contributed by atoms with van der Waals surface area (Å²) in [7, 11) is 0. The standard InChI is InChI=1S/C15H21N3O/c1-3-10-18-14(12-16-17-18)15(19,4-2)11-13-8-6-5-7-9-13/h5-9,12,19H,3-4,10-11H2,1-2H3. The molecule has 0 aliphatic heterocycles. The summed E-state index contributed by atoms with van der Waals surface area (Å²) in [6.07, 6.45) is 3.88. The van der Waals surface area contributed by atoms with Crippen LogP contribution in [0.5, 0.6) is 0 Å².